The van der Waals surface area contributed by atoms with Crippen LogP contribution in [0.15, 0.2) is 6.20 Å². The Bertz CT molecular complexity index is 359. The standard InChI is InChI=1S/C13H22N4/c1-17-7-4-10(5-8-17)12-9-15-13(16-12)11-3-2-6-14-11/h9-11,14H,2-8H2,1H3,(H,15,16). The minimum Gasteiger partial charge on any atom is -0.344 e. The molecule has 0 amide bonds. The number of rotatable bonds is 2. The summed E-state index contributed by atoms with van der Waals surface area (Å²) in [5.74, 6) is 1.84. The van der Waals surface area contributed by atoms with Crippen LogP contribution in [0.4, 0.5) is 0 Å². The van der Waals surface area contributed by atoms with E-state index < -0.39 is 0 Å². The molecular formula is C13H22N4. The summed E-state index contributed by atoms with van der Waals surface area (Å²) >= 11 is 0. The number of piperidine rings is 1. The van der Waals surface area contributed by atoms with E-state index >= 15 is 0 Å². The van der Waals surface area contributed by atoms with E-state index in [4.69, 9.17) is 0 Å². The van der Waals surface area contributed by atoms with Crippen LogP contribution in [0.3, 0.4) is 0 Å². The Hall–Kier alpha value is -0.870. The van der Waals surface area contributed by atoms with E-state index in [1.165, 1.54) is 44.5 Å². The molecule has 0 aromatic carbocycles. The maximum atomic E-state index is 4.56. The maximum absolute atomic E-state index is 4.56. The number of imidazole rings is 1. The van der Waals surface area contributed by atoms with Crippen LogP contribution in [-0.4, -0.2) is 41.5 Å². The molecule has 1 aromatic heterocycles. The number of likely N-dealkylation sites (tertiary alicyclic amines) is 1. The normalized spacial score (nSPS) is 27.7. The number of aromatic amines is 1. The number of hydrogen-bond acceptors (Lipinski definition) is 3. The van der Waals surface area contributed by atoms with Crippen molar-refractivity contribution >= 4 is 0 Å². The molecule has 1 unspecified atom stereocenters. The second-order valence-corrected chi connectivity index (χ2v) is 5.45. The van der Waals surface area contributed by atoms with E-state index in [1.54, 1.807) is 0 Å². The van der Waals surface area contributed by atoms with Gasteiger partial charge in [-0.2, -0.15) is 0 Å². The monoisotopic (exact) mass is 234 g/mol. The third-order valence-corrected chi connectivity index (χ3v) is 4.16. The van der Waals surface area contributed by atoms with Crippen LogP contribution < -0.4 is 5.32 Å². The Kier molecular flexibility index (Phi) is 3.16. The quantitative estimate of drug-likeness (QED) is 0.817. The minimum atomic E-state index is 0.468. The summed E-state index contributed by atoms with van der Waals surface area (Å²) in [6.45, 7) is 3.55. The molecule has 3 heterocycles. The molecule has 2 aliphatic heterocycles. The second kappa shape index (κ2) is 4.78. The van der Waals surface area contributed by atoms with Crippen molar-refractivity contribution in [2.45, 2.75) is 37.6 Å². The Morgan fingerprint density at radius 1 is 1.29 bits per heavy atom. The first-order valence-corrected chi connectivity index (χ1v) is 6.79. The van der Waals surface area contributed by atoms with Crippen molar-refractivity contribution in [3.8, 4) is 0 Å². The van der Waals surface area contributed by atoms with E-state index in [0.717, 1.165) is 12.4 Å². The molecule has 94 valence electrons. The number of hydrogen-bond donors (Lipinski definition) is 2. The Morgan fingerprint density at radius 3 is 2.82 bits per heavy atom. The van der Waals surface area contributed by atoms with Crippen molar-refractivity contribution in [1.29, 1.82) is 0 Å². The predicted octanol–water partition coefficient (Wildman–Crippen LogP) is 1.64. The van der Waals surface area contributed by atoms with Gasteiger partial charge in [-0.3, -0.25) is 0 Å². The number of H-pyrrole nitrogens is 1. The largest absolute Gasteiger partial charge is 0.344 e. The zero-order chi connectivity index (χ0) is 11.7. The lowest BCUT2D eigenvalue weighted by Gasteiger charge is -2.28. The molecule has 1 atom stereocenters. The van der Waals surface area contributed by atoms with Gasteiger partial charge in [0.2, 0.25) is 0 Å². The predicted molar refractivity (Wildman–Crippen MR) is 68.0 cm³/mol. The molecular weight excluding hydrogens is 212 g/mol. The zero-order valence-electron chi connectivity index (χ0n) is 10.6. The van der Waals surface area contributed by atoms with Gasteiger partial charge in [0, 0.05) is 17.8 Å². The smallest absolute Gasteiger partial charge is 0.123 e. The Labute approximate surface area is 103 Å². The van der Waals surface area contributed by atoms with Crippen LogP contribution in [0.1, 0.15) is 49.2 Å². The van der Waals surface area contributed by atoms with Crippen LogP contribution in [0, 0.1) is 0 Å². The van der Waals surface area contributed by atoms with E-state index in [2.05, 4.69) is 33.4 Å². The van der Waals surface area contributed by atoms with Gasteiger partial charge >= 0.3 is 0 Å². The molecule has 2 N–H and O–H groups in total. The van der Waals surface area contributed by atoms with Gasteiger partial charge in [0.25, 0.3) is 0 Å². The molecule has 0 spiro atoms. The average Bonchev–Trinajstić information content (AvgIpc) is 3.00. The van der Waals surface area contributed by atoms with Crippen molar-refractivity contribution in [2.24, 2.45) is 0 Å². The third kappa shape index (κ3) is 2.38. The van der Waals surface area contributed by atoms with Gasteiger partial charge < -0.3 is 15.2 Å². The third-order valence-electron chi connectivity index (χ3n) is 4.16. The summed E-state index contributed by atoms with van der Waals surface area (Å²) < 4.78 is 0. The first kappa shape index (κ1) is 11.2. The highest BCUT2D eigenvalue weighted by atomic mass is 15.1. The molecule has 3 rings (SSSR count). The average molecular weight is 234 g/mol. The lowest BCUT2D eigenvalue weighted by atomic mass is 9.94. The molecule has 2 saturated heterocycles. The van der Waals surface area contributed by atoms with Crippen molar-refractivity contribution in [1.82, 2.24) is 20.2 Å². The second-order valence-electron chi connectivity index (χ2n) is 5.45. The molecule has 2 fully saturated rings. The van der Waals surface area contributed by atoms with Gasteiger partial charge in [-0.05, 0) is 52.4 Å². The van der Waals surface area contributed by atoms with Crippen LogP contribution in [0.5, 0.6) is 0 Å². The van der Waals surface area contributed by atoms with Crippen molar-refractivity contribution in [3.05, 3.63) is 17.7 Å². The molecule has 0 bridgehead atoms. The van der Waals surface area contributed by atoms with Gasteiger partial charge in [0.15, 0.2) is 0 Å². The fourth-order valence-corrected chi connectivity index (χ4v) is 2.97. The molecule has 0 saturated carbocycles. The van der Waals surface area contributed by atoms with Gasteiger partial charge in [0.1, 0.15) is 5.82 Å². The Balaban J connectivity index is 1.67. The first-order valence-electron chi connectivity index (χ1n) is 6.79. The molecule has 2 aliphatic rings. The molecule has 17 heavy (non-hydrogen) atoms. The Morgan fingerprint density at radius 2 is 2.12 bits per heavy atom. The molecule has 0 radical (unpaired) electrons. The first-order chi connectivity index (χ1) is 8.33. The van der Waals surface area contributed by atoms with E-state index in [9.17, 15) is 0 Å². The maximum Gasteiger partial charge on any atom is 0.123 e. The fraction of sp³-hybridized carbons (Fsp3) is 0.769. The van der Waals surface area contributed by atoms with Crippen LogP contribution in [0.25, 0.3) is 0 Å². The highest BCUT2D eigenvalue weighted by molar-refractivity contribution is 5.11. The van der Waals surface area contributed by atoms with E-state index in [1.807, 2.05) is 0 Å². The summed E-state index contributed by atoms with van der Waals surface area (Å²) in [4.78, 5) is 10.5. The fourth-order valence-electron chi connectivity index (χ4n) is 2.97. The van der Waals surface area contributed by atoms with Crippen molar-refractivity contribution in [2.75, 3.05) is 26.7 Å². The number of aromatic nitrogens is 2. The molecule has 4 nitrogen and oxygen atoms in total. The SMILES string of the molecule is CN1CCC(c2cnc(C3CCCN3)[nH]2)CC1. The highest BCUT2D eigenvalue weighted by Gasteiger charge is 2.23. The summed E-state index contributed by atoms with van der Waals surface area (Å²) in [7, 11) is 2.21. The summed E-state index contributed by atoms with van der Waals surface area (Å²) in [5.41, 5.74) is 1.35. The van der Waals surface area contributed by atoms with Crippen LogP contribution in [-0.2, 0) is 0 Å². The number of nitrogens with one attached hydrogen (secondary N) is 2. The number of nitrogens with zero attached hydrogens (tertiary/aromatic N) is 2. The topological polar surface area (TPSA) is 44.0 Å². The van der Waals surface area contributed by atoms with Crippen molar-refractivity contribution < 1.29 is 0 Å². The lowest BCUT2D eigenvalue weighted by molar-refractivity contribution is 0.253. The van der Waals surface area contributed by atoms with E-state index in [-0.39, 0.29) is 0 Å². The van der Waals surface area contributed by atoms with E-state index in [0.29, 0.717) is 12.0 Å². The van der Waals surface area contributed by atoms with Gasteiger partial charge in [-0.1, -0.05) is 0 Å². The highest BCUT2D eigenvalue weighted by Crippen LogP contribution is 2.28. The minimum absolute atomic E-state index is 0.468. The summed E-state index contributed by atoms with van der Waals surface area (Å²) in [6.07, 6.45) is 7.08. The zero-order valence-corrected chi connectivity index (χ0v) is 10.6. The van der Waals surface area contributed by atoms with Crippen LogP contribution in [0.2, 0.25) is 0 Å². The summed E-state index contributed by atoms with van der Waals surface area (Å²) in [5, 5.41) is 3.49. The van der Waals surface area contributed by atoms with Crippen molar-refractivity contribution in [3.63, 3.8) is 0 Å². The van der Waals surface area contributed by atoms with Gasteiger partial charge in [-0.15, -0.1) is 0 Å². The molecule has 4 heteroatoms. The summed E-state index contributed by atoms with van der Waals surface area (Å²) in [6, 6.07) is 0.468. The molecule has 1 aromatic rings. The van der Waals surface area contributed by atoms with Gasteiger partial charge in [0.05, 0.1) is 6.04 Å². The van der Waals surface area contributed by atoms with Gasteiger partial charge in [-0.25, -0.2) is 4.98 Å². The lowest BCUT2D eigenvalue weighted by Crippen LogP contribution is -2.29. The molecule has 0 aliphatic carbocycles. The van der Waals surface area contributed by atoms with Crippen LogP contribution >= 0.6 is 0 Å².